The van der Waals surface area contributed by atoms with E-state index < -0.39 is 0 Å². The van der Waals surface area contributed by atoms with Crippen molar-refractivity contribution in [2.45, 2.75) is 24.3 Å². The van der Waals surface area contributed by atoms with Crippen molar-refractivity contribution in [1.29, 1.82) is 0 Å². The largest absolute Gasteiger partial charge is 0.274 e. The van der Waals surface area contributed by atoms with E-state index in [-0.39, 0.29) is 10.6 Å². The van der Waals surface area contributed by atoms with Gasteiger partial charge in [-0.1, -0.05) is 71.9 Å². The Morgan fingerprint density at radius 2 is 1.67 bits per heavy atom. The van der Waals surface area contributed by atoms with Gasteiger partial charge in [0.05, 0.1) is 4.92 Å². The molecule has 1 aromatic heterocycles. The first-order chi connectivity index (χ1) is 14.6. The molecule has 0 aliphatic heterocycles. The normalized spacial score (nSPS) is 10.8. The fraction of sp³-hybridized carbons (Fsp3) is 0.130. The van der Waals surface area contributed by atoms with Crippen molar-refractivity contribution in [1.82, 2.24) is 14.8 Å². The van der Waals surface area contributed by atoms with Crippen LogP contribution in [0, 0.1) is 17.0 Å². The van der Waals surface area contributed by atoms with E-state index in [1.54, 1.807) is 12.1 Å². The molecule has 150 valence electrons. The third-order valence-corrected chi connectivity index (χ3v) is 5.69. The number of thioether (sulfide) groups is 1. The van der Waals surface area contributed by atoms with Crippen LogP contribution in [-0.4, -0.2) is 19.7 Å². The maximum atomic E-state index is 11.0. The summed E-state index contributed by atoms with van der Waals surface area (Å²) in [7, 11) is 0. The molecule has 30 heavy (non-hydrogen) atoms. The van der Waals surface area contributed by atoms with Gasteiger partial charge in [-0.15, -0.1) is 10.2 Å². The average molecular weight is 417 g/mol. The van der Waals surface area contributed by atoms with Crippen molar-refractivity contribution in [2.75, 3.05) is 0 Å². The summed E-state index contributed by atoms with van der Waals surface area (Å²) >= 11 is 1.52. The standard InChI is InChI=1S/C23H20N4O2S/c1-17-10-12-20(13-11-17)26-22(15-18-6-3-2-4-7-18)24-25-23(26)30-16-19-8-5-9-21(14-19)27(28)29/h2-14H,15-16H2,1H3. The van der Waals surface area contributed by atoms with Crippen molar-refractivity contribution < 1.29 is 4.92 Å². The van der Waals surface area contributed by atoms with Gasteiger partial charge in [-0.25, -0.2) is 0 Å². The Kier molecular flexibility index (Phi) is 5.90. The van der Waals surface area contributed by atoms with E-state index in [2.05, 4.69) is 58.1 Å². The van der Waals surface area contributed by atoms with E-state index >= 15 is 0 Å². The Balaban J connectivity index is 1.64. The molecule has 6 nitrogen and oxygen atoms in total. The number of nitro benzene ring substituents is 1. The van der Waals surface area contributed by atoms with Crippen LogP contribution in [0.2, 0.25) is 0 Å². The molecule has 0 amide bonds. The summed E-state index contributed by atoms with van der Waals surface area (Å²) in [6.45, 7) is 2.05. The predicted octanol–water partition coefficient (Wildman–Crippen LogP) is 5.37. The first kappa shape index (κ1) is 19.8. The van der Waals surface area contributed by atoms with Crippen LogP contribution in [0.4, 0.5) is 5.69 Å². The summed E-state index contributed by atoms with van der Waals surface area (Å²) in [5.41, 5.74) is 4.31. The summed E-state index contributed by atoms with van der Waals surface area (Å²) in [6, 6.07) is 25.1. The van der Waals surface area contributed by atoms with E-state index in [4.69, 9.17) is 0 Å². The summed E-state index contributed by atoms with van der Waals surface area (Å²) in [4.78, 5) is 10.7. The molecule has 0 aliphatic carbocycles. The Hall–Kier alpha value is -3.45. The first-order valence-electron chi connectivity index (χ1n) is 9.51. The van der Waals surface area contributed by atoms with E-state index in [1.807, 2.05) is 24.3 Å². The van der Waals surface area contributed by atoms with Gasteiger partial charge in [0.1, 0.15) is 5.82 Å². The molecule has 0 aliphatic rings. The van der Waals surface area contributed by atoms with Gasteiger partial charge in [0.2, 0.25) is 0 Å². The van der Waals surface area contributed by atoms with Gasteiger partial charge in [0.25, 0.3) is 5.69 Å². The van der Waals surface area contributed by atoms with Crippen LogP contribution in [0.5, 0.6) is 0 Å². The van der Waals surface area contributed by atoms with Gasteiger partial charge in [0.15, 0.2) is 5.16 Å². The summed E-state index contributed by atoms with van der Waals surface area (Å²) in [5, 5.41) is 20.7. The Labute approximate surface area is 178 Å². The maximum absolute atomic E-state index is 11.0. The Morgan fingerprint density at radius 1 is 0.933 bits per heavy atom. The highest BCUT2D eigenvalue weighted by atomic mass is 32.2. The fourth-order valence-corrected chi connectivity index (χ4v) is 4.06. The van der Waals surface area contributed by atoms with Crippen LogP contribution in [0.15, 0.2) is 84.0 Å². The lowest BCUT2D eigenvalue weighted by Crippen LogP contribution is -2.04. The minimum atomic E-state index is -0.374. The summed E-state index contributed by atoms with van der Waals surface area (Å²) in [6.07, 6.45) is 0.666. The third-order valence-electron chi connectivity index (χ3n) is 4.69. The van der Waals surface area contributed by atoms with Crippen LogP contribution < -0.4 is 0 Å². The van der Waals surface area contributed by atoms with Crippen LogP contribution in [0.25, 0.3) is 5.69 Å². The van der Waals surface area contributed by atoms with Crippen LogP contribution in [0.3, 0.4) is 0 Å². The molecule has 4 aromatic rings. The Morgan fingerprint density at radius 3 is 2.40 bits per heavy atom. The van der Waals surface area contributed by atoms with Crippen LogP contribution in [-0.2, 0) is 12.2 Å². The fourth-order valence-electron chi connectivity index (χ4n) is 3.15. The molecular weight excluding hydrogens is 396 g/mol. The van der Waals surface area contributed by atoms with Crippen molar-refractivity contribution in [3.63, 3.8) is 0 Å². The zero-order valence-electron chi connectivity index (χ0n) is 16.4. The molecule has 7 heteroatoms. The number of aryl methyl sites for hydroxylation is 1. The quantitative estimate of drug-likeness (QED) is 0.230. The topological polar surface area (TPSA) is 73.8 Å². The van der Waals surface area contributed by atoms with Gasteiger partial charge in [0, 0.05) is 30.0 Å². The van der Waals surface area contributed by atoms with Gasteiger partial charge >= 0.3 is 0 Å². The molecule has 0 atom stereocenters. The number of aromatic nitrogens is 3. The summed E-state index contributed by atoms with van der Waals surface area (Å²) < 4.78 is 2.06. The first-order valence-corrected chi connectivity index (χ1v) is 10.5. The minimum Gasteiger partial charge on any atom is -0.274 e. The second-order valence-electron chi connectivity index (χ2n) is 6.95. The third kappa shape index (κ3) is 4.58. The molecule has 3 aromatic carbocycles. The lowest BCUT2D eigenvalue weighted by molar-refractivity contribution is -0.384. The van der Waals surface area contributed by atoms with Gasteiger partial charge in [-0.3, -0.25) is 14.7 Å². The predicted molar refractivity (Wildman–Crippen MR) is 118 cm³/mol. The van der Waals surface area contributed by atoms with Gasteiger partial charge < -0.3 is 0 Å². The summed E-state index contributed by atoms with van der Waals surface area (Å²) in [5.74, 6) is 1.42. The highest BCUT2D eigenvalue weighted by Crippen LogP contribution is 2.27. The second kappa shape index (κ2) is 8.92. The van der Waals surface area contributed by atoms with Crippen molar-refractivity contribution in [3.8, 4) is 5.69 Å². The van der Waals surface area contributed by atoms with E-state index in [1.165, 1.54) is 23.4 Å². The molecular formula is C23H20N4O2S. The number of hydrogen-bond acceptors (Lipinski definition) is 5. The molecule has 0 N–H and O–H groups in total. The van der Waals surface area contributed by atoms with Gasteiger partial charge in [-0.2, -0.15) is 0 Å². The van der Waals surface area contributed by atoms with Crippen molar-refractivity contribution in [2.24, 2.45) is 0 Å². The van der Waals surface area contributed by atoms with Gasteiger partial charge in [-0.05, 0) is 30.2 Å². The second-order valence-corrected chi connectivity index (χ2v) is 7.89. The number of rotatable bonds is 7. The molecule has 0 bridgehead atoms. The van der Waals surface area contributed by atoms with E-state index in [9.17, 15) is 10.1 Å². The van der Waals surface area contributed by atoms with Crippen LogP contribution in [0.1, 0.15) is 22.5 Å². The highest BCUT2D eigenvalue weighted by Gasteiger charge is 2.16. The molecule has 0 saturated heterocycles. The monoisotopic (exact) mass is 416 g/mol. The molecule has 4 rings (SSSR count). The maximum Gasteiger partial charge on any atom is 0.269 e. The SMILES string of the molecule is Cc1ccc(-n2c(Cc3ccccc3)nnc2SCc2cccc([N+](=O)[O-])c2)cc1. The zero-order valence-corrected chi connectivity index (χ0v) is 17.2. The molecule has 1 heterocycles. The van der Waals surface area contributed by atoms with Crippen molar-refractivity contribution >= 4 is 17.4 Å². The lowest BCUT2D eigenvalue weighted by Gasteiger charge is -2.11. The van der Waals surface area contributed by atoms with E-state index in [0.29, 0.717) is 12.2 Å². The smallest absolute Gasteiger partial charge is 0.269 e. The number of nitrogens with zero attached hydrogens (tertiary/aromatic N) is 4. The molecule has 0 radical (unpaired) electrons. The molecule has 0 fully saturated rings. The average Bonchev–Trinajstić information content (AvgIpc) is 3.16. The minimum absolute atomic E-state index is 0.0952. The van der Waals surface area contributed by atoms with Crippen molar-refractivity contribution in [3.05, 3.63) is 111 Å². The molecule has 0 spiro atoms. The number of nitro groups is 1. The van der Waals surface area contributed by atoms with Crippen LogP contribution >= 0.6 is 11.8 Å². The highest BCUT2D eigenvalue weighted by molar-refractivity contribution is 7.98. The zero-order chi connectivity index (χ0) is 20.9. The van der Waals surface area contributed by atoms with E-state index in [0.717, 1.165) is 27.8 Å². The molecule has 0 saturated carbocycles. The number of benzene rings is 3. The number of non-ortho nitro benzene ring substituents is 1. The number of hydrogen-bond donors (Lipinski definition) is 0. The lowest BCUT2D eigenvalue weighted by atomic mass is 10.1. The molecule has 0 unspecified atom stereocenters. The Bertz CT molecular complexity index is 1160.